The maximum atomic E-state index is 13.2. The molecule has 0 saturated carbocycles. The summed E-state index contributed by atoms with van der Waals surface area (Å²) in [6, 6.07) is 1.50. The second kappa shape index (κ2) is 5.92. The monoisotopic (exact) mass is 338 g/mol. The van der Waals surface area contributed by atoms with Crippen LogP contribution in [-0.2, 0) is 7.05 Å². The normalized spacial score (nSPS) is 18.0. The van der Waals surface area contributed by atoms with Crippen LogP contribution in [0, 0.1) is 17.5 Å². The summed E-state index contributed by atoms with van der Waals surface area (Å²) in [5, 5.41) is 6.10. The summed E-state index contributed by atoms with van der Waals surface area (Å²) in [6.07, 6.45) is 4.97. The first-order valence-electron chi connectivity index (χ1n) is 6.35. The molecule has 1 aliphatic rings. The molecule has 0 spiro atoms. The summed E-state index contributed by atoms with van der Waals surface area (Å²) in [5.74, 6) is -4.13. The van der Waals surface area contributed by atoms with Gasteiger partial charge in [0.2, 0.25) is 0 Å². The topological polar surface area (TPSA) is 59.3 Å². The highest BCUT2D eigenvalue weighted by molar-refractivity contribution is 8.18. The Bertz CT molecular complexity index is 836. The Balaban J connectivity index is 1.99. The molecule has 0 unspecified atom stereocenters. The molecule has 23 heavy (non-hydrogen) atoms. The smallest absolute Gasteiger partial charge is 0.289 e. The van der Waals surface area contributed by atoms with Crippen LogP contribution in [0.1, 0.15) is 5.56 Å². The number of carbonyl (C=O) groups is 1. The average Bonchev–Trinajstić information content (AvgIpc) is 3.03. The van der Waals surface area contributed by atoms with Gasteiger partial charge in [0, 0.05) is 30.9 Å². The van der Waals surface area contributed by atoms with Crippen molar-refractivity contribution < 1.29 is 18.0 Å². The summed E-state index contributed by atoms with van der Waals surface area (Å²) in [5.41, 5.74) is 0.590. The van der Waals surface area contributed by atoms with E-state index in [2.05, 4.69) is 15.4 Å². The Morgan fingerprint density at radius 1 is 1.30 bits per heavy atom. The van der Waals surface area contributed by atoms with Crippen molar-refractivity contribution in [2.75, 3.05) is 0 Å². The van der Waals surface area contributed by atoms with Gasteiger partial charge in [0.1, 0.15) is 5.84 Å². The van der Waals surface area contributed by atoms with Gasteiger partial charge in [0.15, 0.2) is 17.5 Å². The van der Waals surface area contributed by atoms with Gasteiger partial charge >= 0.3 is 0 Å². The molecule has 1 aromatic heterocycles. The van der Waals surface area contributed by atoms with E-state index in [9.17, 15) is 18.0 Å². The third-order valence-electron chi connectivity index (χ3n) is 2.89. The first kappa shape index (κ1) is 15.3. The van der Waals surface area contributed by atoms with Crippen LogP contribution < -0.4 is 5.32 Å². The molecule has 0 radical (unpaired) electrons. The van der Waals surface area contributed by atoms with E-state index >= 15 is 0 Å². The quantitative estimate of drug-likeness (QED) is 0.854. The summed E-state index contributed by atoms with van der Waals surface area (Å²) < 4.78 is 41.0. The number of halogens is 3. The van der Waals surface area contributed by atoms with E-state index in [-0.39, 0.29) is 16.8 Å². The Morgan fingerprint density at radius 2 is 2.00 bits per heavy atom. The number of aromatic nitrogens is 2. The van der Waals surface area contributed by atoms with Gasteiger partial charge in [-0.25, -0.2) is 18.2 Å². The van der Waals surface area contributed by atoms with Crippen molar-refractivity contribution in [1.82, 2.24) is 15.1 Å². The van der Waals surface area contributed by atoms with Gasteiger partial charge in [-0.1, -0.05) is 0 Å². The molecule has 0 atom stereocenters. The zero-order chi connectivity index (χ0) is 16.6. The first-order chi connectivity index (χ1) is 10.9. The molecule has 3 rings (SSSR count). The lowest BCUT2D eigenvalue weighted by atomic mass is 10.3. The van der Waals surface area contributed by atoms with E-state index in [1.807, 2.05) is 0 Å². The van der Waals surface area contributed by atoms with E-state index in [1.54, 1.807) is 30.2 Å². The summed E-state index contributed by atoms with van der Waals surface area (Å²) in [6.45, 7) is 0. The van der Waals surface area contributed by atoms with Gasteiger partial charge in [-0.05, 0) is 17.8 Å². The first-order valence-corrected chi connectivity index (χ1v) is 7.17. The Kier molecular flexibility index (Phi) is 3.95. The van der Waals surface area contributed by atoms with Crippen molar-refractivity contribution in [3.63, 3.8) is 0 Å². The minimum absolute atomic E-state index is 0.134. The number of thioether (sulfide) groups is 1. The zero-order valence-electron chi connectivity index (χ0n) is 11.7. The Labute approximate surface area is 132 Å². The average molecular weight is 338 g/mol. The third kappa shape index (κ3) is 3.29. The van der Waals surface area contributed by atoms with Crippen LogP contribution in [0.15, 0.2) is 34.4 Å². The van der Waals surface area contributed by atoms with Gasteiger partial charge in [-0.2, -0.15) is 5.10 Å². The third-order valence-corrected chi connectivity index (χ3v) is 3.71. The Hall–Kier alpha value is -2.55. The molecule has 5 nitrogen and oxygen atoms in total. The molecule has 1 aromatic carbocycles. The van der Waals surface area contributed by atoms with Crippen LogP contribution in [0.25, 0.3) is 6.08 Å². The molecule has 1 amide bonds. The van der Waals surface area contributed by atoms with Crippen molar-refractivity contribution in [3.8, 4) is 0 Å². The number of nitrogens with one attached hydrogen (secondary N) is 1. The van der Waals surface area contributed by atoms with E-state index < -0.39 is 17.5 Å². The molecular weight excluding hydrogens is 329 g/mol. The van der Waals surface area contributed by atoms with Gasteiger partial charge in [0.05, 0.1) is 16.8 Å². The molecule has 9 heteroatoms. The SMILES string of the molecule is Cn1cc(C=C2SC(=O)NC2=Nc2cc(F)c(F)c(F)c2)cn1. The number of nitrogens with zero attached hydrogens (tertiary/aromatic N) is 3. The molecule has 1 saturated heterocycles. The minimum atomic E-state index is -1.56. The van der Waals surface area contributed by atoms with Crippen molar-refractivity contribution >= 4 is 34.6 Å². The fourth-order valence-corrected chi connectivity index (χ4v) is 2.65. The lowest BCUT2D eigenvalue weighted by Gasteiger charge is -2.01. The highest BCUT2D eigenvalue weighted by Gasteiger charge is 2.24. The molecule has 0 bridgehead atoms. The lowest BCUT2D eigenvalue weighted by molar-refractivity contribution is 0.265. The van der Waals surface area contributed by atoms with Crippen molar-refractivity contribution in [2.45, 2.75) is 0 Å². The number of amides is 1. The van der Waals surface area contributed by atoms with E-state index in [1.165, 1.54) is 0 Å². The van der Waals surface area contributed by atoms with Crippen LogP contribution in [0.2, 0.25) is 0 Å². The summed E-state index contributed by atoms with van der Waals surface area (Å²) in [4.78, 5) is 16.0. The van der Waals surface area contributed by atoms with E-state index in [0.29, 0.717) is 4.91 Å². The van der Waals surface area contributed by atoms with Crippen LogP contribution >= 0.6 is 11.8 Å². The molecule has 1 N–H and O–H groups in total. The van der Waals surface area contributed by atoms with Crippen molar-refractivity contribution in [1.29, 1.82) is 0 Å². The maximum Gasteiger partial charge on any atom is 0.289 e. The van der Waals surface area contributed by atoms with Crippen LogP contribution in [0.3, 0.4) is 0 Å². The van der Waals surface area contributed by atoms with E-state index in [4.69, 9.17) is 0 Å². The van der Waals surface area contributed by atoms with E-state index in [0.717, 1.165) is 29.5 Å². The highest BCUT2D eigenvalue weighted by atomic mass is 32.2. The fourth-order valence-electron chi connectivity index (χ4n) is 1.91. The fraction of sp³-hybridized carbons (Fsp3) is 0.0714. The van der Waals surface area contributed by atoms with Gasteiger partial charge in [0.25, 0.3) is 5.24 Å². The second-order valence-electron chi connectivity index (χ2n) is 4.65. The number of benzene rings is 1. The zero-order valence-corrected chi connectivity index (χ0v) is 12.5. The molecule has 0 aliphatic carbocycles. The molecule has 1 fully saturated rings. The molecule has 1 aliphatic heterocycles. The van der Waals surface area contributed by atoms with Crippen molar-refractivity contribution in [3.05, 3.63) is 52.4 Å². The van der Waals surface area contributed by atoms with Gasteiger partial charge in [-0.3, -0.25) is 9.48 Å². The predicted octanol–water partition coefficient (Wildman–Crippen LogP) is 3.36. The van der Waals surface area contributed by atoms with Gasteiger partial charge in [-0.15, -0.1) is 0 Å². The number of carbonyl (C=O) groups excluding carboxylic acids is 1. The van der Waals surface area contributed by atoms with Crippen LogP contribution in [-0.4, -0.2) is 20.9 Å². The molecule has 2 heterocycles. The van der Waals surface area contributed by atoms with Crippen LogP contribution in [0.5, 0.6) is 0 Å². The minimum Gasteiger partial charge on any atom is -0.300 e. The molecular formula is C14H9F3N4OS. The summed E-state index contributed by atoms with van der Waals surface area (Å²) >= 11 is 0.890. The second-order valence-corrected chi connectivity index (χ2v) is 5.67. The molecule has 2 aromatic rings. The lowest BCUT2D eigenvalue weighted by Crippen LogP contribution is -2.18. The largest absolute Gasteiger partial charge is 0.300 e. The predicted molar refractivity (Wildman–Crippen MR) is 80.7 cm³/mol. The number of aliphatic imine (C=N–C) groups is 1. The number of amidine groups is 1. The molecule has 118 valence electrons. The van der Waals surface area contributed by atoms with Gasteiger partial charge < -0.3 is 5.32 Å². The number of hydrogen-bond donors (Lipinski definition) is 1. The number of hydrogen-bond acceptors (Lipinski definition) is 4. The Morgan fingerprint density at radius 3 is 2.61 bits per heavy atom. The summed E-state index contributed by atoms with van der Waals surface area (Å²) in [7, 11) is 1.74. The maximum absolute atomic E-state index is 13.2. The highest BCUT2D eigenvalue weighted by Crippen LogP contribution is 2.29. The number of rotatable bonds is 2. The number of aryl methyl sites for hydroxylation is 1. The van der Waals surface area contributed by atoms with Crippen LogP contribution in [0.4, 0.5) is 23.7 Å². The van der Waals surface area contributed by atoms with Crippen molar-refractivity contribution in [2.24, 2.45) is 12.0 Å². The standard InChI is InChI=1S/C14H9F3N4OS/c1-21-6-7(5-18-21)2-11-13(20-14(22)23-11)19-8-3-9(15)12(17)10(16)4-8/h2-6H,1H3,(H,19,20,22).